The zero-order valence-corrected chi connectivity index (χ0v) is 16.6. The third-order valence-corrected chi connectivity index (χ3v) is 5.44. The molecular formula is C23H19F4N3O. The maximum Gasteiger partial charge on any atom is 0.419 e. The number of nitrogens with two attached hydrogens (primary N) is 1. The Bertz CT molecular complexity index is 1160. The van der Waals surface area contributed by atoms with Crippen molar-refractivity contribution in [2.75, 3.05) is 7.11 Å². The summed E-state index contributed by atoms with van der Waals surface area (Å²) < 4.78 is 59.5. The van der Waals surface area contributed by atoms with E-state index in [1.807, 2.05) is 0 Å². The second kappa shape index (κ2) is 7.68. The number of halogens is 4. The maximum atomic E-state index is 13.7. The molecule has 3 aromatic rings. The summed E-state index contributed by atoms with van der Waals surface area (Å²) in [6.45, 7) is 0. The van der Waals surface area contributed by atoms with Gasteiger partial charge in [-0.25, -0.2) is 4.39 Å². The predicted molar refractivity (Wildman–Crippen MR) is 109 cm³/mol. The van der Waals surface area contributed by atoms with Crippen molar-refractivity contribution in [3.05, 3.63) is 83.4 Å². The average molecular weight is 429 g/mol. The highest BCUT2D eigenvalue weighted by molar-refractivity contribution is 5.84. The van der Waals surface area contributed by atoms with E-state index in [9.17, 15) is 17.6 Å². The van der Waals surface area contributed by atoms with Crippen LogP contribution in [0.2, 0.25) is 0 Å². The van der Waals surface area contributed by atoms with Gasteiger partial charge in [-0.1, -0.05) is 24.3 Å². The molecule has 0 bridgehead atoms. The van der Waals surface area contributed by atoms with Gasteiger partial charge in [0.2, 0.25) is 0 Å². The first kappa shape index (κ1) is 20.8. The van der Waals surface area contributed by atoms with Crippen LogP contribution >= 0.6 is 0 Å². The van der Waals surface area contributed by atoms with Gasteiger partial charge in [0.1, 0.15) is 17.1 Å². The van der Waals surface area contributed by atoms with E-state index in [1.165, 1.54) is 25.4 Å². The lowest BCUT2D eigenvalue weighted by atomic mass is 9.80. The smallest absolute Gasteiger partial charge is 0.419 e. The first-order valence-electron chi connectivity index (χ1n) is 9.54. The molecule has 0 saturated carbocycles. The Morgan fingerprint density at radius 2 is 1.77 bits per heavy atom. The van der Waals surface area contributed by atoms with Crippen LogP contribution < -0.4 is 10.5 Å². The van der Waals surface area contributed by atoms with Crippen molar-refractivity contribution in [1.29, 1.82) is 0 Å². The molecule has 1 aliphatic rings. The zero-order valence-electron chi connectivity index (χ0n) is 16.6. The summed E-state index contributed by atoms with van der Waals surface area (Å²) in [6.07, 6.45) is -1.11. The summed E-state index contributed by atoms with van der Waals surface area (Å²) in [5, 5.41) is 0. The number of nitrogens with zero attached hydrogens (tertiary/aromatic N) is 2. The molecule has 0 radical (unpaired) electrons. The Labute approximate surface area is 176 Å². The van der Waals surface area contributed by atoms with Crippen molar-refractivity contribution in [3.63, 3.8) is 0 Å². The molecule has 1 aromatic heterocycles. The van der Waals surface area contributed by atoms with Gasteiger partial charge < -0.3 is 10.5 Å². The van der Waals surface area contributed by atoms with Gasteiger partial charge in [0.25, 0.3) is 0 Å². The number of aromatic nitrogens is 1. The number of hydrogen-bond donors (Lipinski definition) is 1. The number of pyridine rings is 1. The van der Waals surface area contributed by atoms with Crippen LogP contribution in [0.25, 0.3) is 11.1 Å². The summed E-state index contributed by atoms with van der Waals surface area (Å²) in [4.78, 5) is 8.46. The van der Waals surface area contributed by atoms with Crippen LogP contribution in [0.4, 0.5) is 17.6 Å². The minimum Gasteiger partial charge on any atom is -0.496 e. The summed E-state index contributed by atoms with van der Waals surface area (Å²) in [5.74, 6) is -0.381. The number of methoxy groups -OCH3 is 1. The zero-order chi connectivity index (χ0) is 22.2. The molecule has 0 spiro atoms. The SMILES string of the molecule is COc1ccc(C2(c3cccc(-c4cncc(F)c4)c3)CCC(N)=N2)cc1C(F)(F)F. The lowest BCUT2D eigenvalue weighted by Gasteiger charge is -2.29. The number of ether oxygens (including phenoxy) is 1. The van der Waals surface area contributed by atoms with Gasteiger partial charge in [0, 0.05) is 18.2 Å². The second-order valence-electron chi connectivity index (χ2n) is 7.35. The van der Waals surface area contributed by atoms with Crippen molar-refractivity contribution in [2.24, 2.45) is 10.7 Å². The van der Waals surface area contributed by atoms with Crippen LogP contribution in [0, 0.1) is 5.82 Å². The number of aliphatic imine (C=N–C) groups is 1. The lowest BCUT2D eigenvalue weighted by molar-refractivity contribution is -0.138. The van der Waals surface area contributed by atoms with E-state index < -0.39 is 23.1 Å². The molecule has 2 aromatic carbocycles. The Balaban J connectivity index is 1.89. The molecule has 1 aliphatic heterocycles. The van der Waals surface area contributed by atoms with E-state index >= 15 is 0 Å². The van der Waals surface area contributed by atoms with Crippen LogP contribution in [0.3, 0.4) is 0 Å². The molecule has 0 fully saturated rings. The van der Waals surface area contributed by atoms with Gasteiger partial charge >= 0.3 is 6.18 Å². The van der Waals surface area contributed by atoms with E-state index in [0.717, 1.165) is 12.3 Å². The average Bonchev–Trinajstić information content (AvgIpc) is 3.15. The van der Waals surface area contributed by atoms with Gasteiger partial charge in [-0.2, -0.15) is 13.2 Å². The van der Waals surface area contributed by atoms with Crippen molar-refractivity contribution in [2.45, 2.75) is 24.6 Å². The fourth-order valence-electron chi connectivity index (χ4n) is 3.96. The van der Waals surface area contributed by atoms with Gasteiger partial charge in [0.05, 0.1) is 24.7 Å². The quantitative estimate of drug-likeness (QED) is 0.572. The fraction of sp³-hybridized carbons (Fsp3) is 0.217. The summed E-state index contributed by atoms with van der Waals surface area (Å²) >= 11 is 0. The van der Waals surface area contributed by atoms with E-state index in [1.54, 1.807) is 30.3 Å². The van der Waals surface area contributed by atoms with E-state index in [-0.39, 0.29) is 5.75 Å². The number of amidine groups is 1. The first-order chi connectivity index (χ1) is 14.7. The Morgan fingerprint density at radius 3 is 2.42 bits per heavy atom. The molecule has 0 saturated heterocycles. The molecule has 31 heavy (non-hydrogen) atoms. The summed E-state index contributed by atoms with van der Waals surface area (Å²) in [6, 6.07) is 12.4. The van der Waals surface area contributed by atoms with Gasteiger partial charge in [-0.3, -0.25) is 9.98 Å². The van der Waals surface area contributed by atoms with E-state index in [4.69, 9.17) is 10.5 Å². The molecule has 1 atom stereocenters. The van der Waals surface area contributed by atoms with Crippen LogP contribution in [-0.4, -0.2) is 17.9 Å². The highest BCUT2D eigenvalue weighted by Crippen LogP contribution is 2.46. The minimum atomic E-state index is -4.59. The molecule has 0 aliphatic carbocycles. The third kappa shape index (κ3) is 3.85. The summed E-state index contributed by atoms with van der Waals surface area (Å²) in [7, 11) is 1.20. The standard InChI is InChI=1S/C23H19F4N3O/c1-31-20-6-5-17(11-19(20)23(25,26)27)22(8-7-21(28)30-22)16-4-2-3-14(9-16)15-10-18(24)13-29-12-15/h2-6,9-13H,7-8H2,1H3,(H2,28,30). The third-order valence-electron chi connectivity index (χ3n) is 5.44. The maximum absolute atomic E-state index is 13.7. The molecule has 2 N–H and O–H groups in total. The van der Waals surface area contributed by atoms with Crippen molar-refractivity contribution in [3.8, 4) is 16.9 Å². The van der Waals surface area contributed by atoms with Gasteiger partial charge in [-0.15, -0.1) is 0 Å². The van der Waals surface area contributed by atoms with Gasteiger partial charge in [-0.05, 0) is 47.4 Å². The monoisotopic (exact) mass is 429 g/mol. The predicted octanol–water partition coefficient (Wildman–Crippen LogP) is 5.31. The van der Waals surface area contributed by atoms with Crippen LogP contribution in [-0.2, 0) is 11.7 Å². The van der Waals surface area contributed by atoms with Crippen LogP contribution in [0.5, 0.6) is 5.75 Å². The molecule has 4 rings (SSSR count). The first-order valence-corrected chi connectivity index (χ1v) is 9.54. The topological polar surface area (TPSA) is 60.5 Å². The highest BCUT2D eigenvalue weighted by atomic mass is 19.4. The van der Waals surface area contributed by atoms with Crippen LogP contribution in [0.1, 0.15) is 29.5 Å². The fourth-order valence-corrected chi connectivity index (χ4v) is 3.96. The normalized spacial score (nSPS) is 18.7. The minimum absolute atomic E-state index is 0.263. The molecule has 0 amide bonds. The Morgan fingerprint density at radius 1 is 1.00 bits per heavy atom. The highest BCUT2D eigenvalue weighted by Gasteiger charge is 2.41. The van der Waals surface area contributed by atoms with E-state index in [0.29, 0.717) is 40.9 Å². The molecule has 4 nitrogen and oxygen atoms in total. The number of rotatable bonds is 4. The largest absolute Gasteiger partial charge is 0.496 e. The van der Waals surface area contributed by atoms with Gasteiger partial charge in [0.15, 0.2) is 0 Å². The number of alkyl halides is 3. The van der Waals surface area contributed by atoms with Crippen LogP contribution in [0.15, 0.2) is 65.9 Å². The van der Waals surface area contributed by atoms with Crippen molar-refractivity contribution < 1.29 is 22.3 Å². The number of benzene rings is 2. The molecule has 2 heterocycles. The molecule has 1 unspecified atom stereocenters. The second-order valence-corrected chi connectivity index (χ2v) is 7.35. The summed E-state index contributed by atoms with van der Waals surface area (Å²) in [5.41, 5.74) is 6.26. The molecular weight excluding hydrogens is 410 g/mol. The van der Waals surface area contributed by atoms with Crippen molar-refractivity contribution in [1.82, 2.24) is 4.98 Å². The Kier molecular flexibility index (Phi) is 5.16. The number of hydrogen-bond acceptors (Lipinski definition) is 4. The lowest BCUT2D eigenvalue weighted by Crippen LogP contribution is -2.24. The Hall–Kier alpha value is -3.42. The van der Waals surface area contributed by atoms with E-state index in [2.05, 4.69) is 9.98 Å². The molecule has 160 valence electrons. The molecule has 8 heteroatoms. The van der Waals surface area contributed by atoms with Crippen molar-refractivity contribution >= 4 is 5.84 Å².